The number of carbonyl (C=O) groups excluding carboxylic acids is 1. The Morgan fingerprint density at radius 3 is 2.67 bits per heavy atom. The number of hydrogen-bond acceptors (Lipinski definition) is 5. The van der Waals surface area contributed by atoms with Crippen LogP contribution in [0.2, 0.25) is 0 Å². The van der Waals surface area contributed by atoms with Crippen molar-refractivity contribution in [2.75, 3.05) is 13.2 Å². The summed E-state index contributed by atoms with van der Waals surface area (Å²) in [6.45, 7) is 1.38. The van der Waals surface area contributed by atoms with Crippen LogP contribution in [-0.2, 0) is 19.5 Å². The fourth-order valence-electron chi connectivity index (χ4n) is 0.257. The molecule has 0 heterocycles. The molecule has 0 saturated carbocycles. The summed E-state index contributed by atoms with van der Waals surface area (Å²) in [5, 5.41) is 10.8. The molecular formula is C4H8O5. The minimum atomic E-state index is -0.392. The van der Waals surface area contributed by atoms with Crippen LogP contribution in [0.3, 0.4) is 0 Å². The molecule has 9 heavy (non-hydrogen) atoms. The van der Waals surface area contributed by atoms with Gasteiger partial charge in [0, 0.05) is 6.92 Å². The fourth-order valence-corrected chi connectivity index (χ4v) is 0.257. The third-order valence-electron chi connectivity index (χ3n) is 0.525. The molecule has 0 radical (unpaired) electrons. The van der Waals surface area contributed by atoms with E-state index in [2.05, 4.69) is 14.7 Å². The molecule has 0 aromatic carbocycles. The van der Waals surface area contributed by atoms with Crippen LogP contribution in [-0.4, -0.2) is 24.4 Å². The highest BCUT2D eigenvalue weighted by Gasteiger charge is 1.91. The van der Waals surface area contributed by atoms with Crippen LogP contribution in [0.25, 0.3) is 0 Å². The fraction of sp³-hybridized carbons (Fsp3) is 0.750. The summed E-state index contributed by atoms with van der Waals surface area (Å²) >= 11 is 0. The summed E-state index contributed by atoms with van der Waals surface area (Å²) in [6.07, 6.45) is 0. The number of esters is 1. The molecular weight excluding hydrogens is 128 g/mol. The van der Waals surface area contributed by atoms with Gasteiger partial charge >= 0.3 is 5.97 Å². The number of hydrogen-bond donors (Lipinski definition) is 1. The van der Waals surface area contributed by atoms with Crippen LogP contribution in [0, 0.1) is 0 Å². The zero-order chi connectivity index (χ0) is 7.11. The average Bonchev–Trinajstić information content (AvgIpc) is 1.80. The van der Waals surface area contributed by atoms with E-state index in [1.165, 1.54) is 6.92 Å². The molecule has 0 aliphatic heterocycles. The topological polar surface area (TPSA) is 65.0 Å². The molecule has 0 aromatic heterocycles. The second kappa shape index (κ2) is 5.49. The van der Waals surface area contributed by atoms with Crippen LogP contribution < -0.4 is 0 Å². The summed E-state index contributed by atoms with van der Waals surface area (Å²) in [5.41, 5.74) is 0. The molecule has 5 nitrogen and oxygen atoms in total. The van der Waals surface area contributed by atoms with E-state index in [1.807, 2.05) is 0 Å². The minimum absolute atomic E-state index is 0.0239. The lowest BCUT2D eigenvalue weighted by Crippen LogP contribution is -2.06. The number of carbonyl (C=O) groups is 1. The molecule has 0 fully saturated rings. The van der Waals surface area contributed by atoms with Crippen LogP contribution in [0.4, 0.5) is 0 Å². The molecule has 0 spiro atoms. The van der Waals surface area contributed by atoms with Gasteiger partial charge in [-0.25, -0.2) is 10.1 Å². The van der Waals surface area contributed by atoms with Crippen molar-refractivity contribution in [3.8, 4) is 0 Å². The first-order valence-electron chi connectivity index (χ1n) is 2.33. The van der Waals surface area contributed by atoms with Gasteiger partial charge < -0.3 is 4.74 Å². The predicted molar refractivity (Wildman–Crippen MR) is 26.3 cm³/mol. The average molecular weight is 136 g/mol. The van der Waals surface area contributed by atoms with Crippen LogP contribution in [0.1, 0.15) is 6.92 Å². The Morgan fingerprint density at radius 1 is 1.56 bits per heavy atom. The number of rotatable bonds is 4. The van der Waals surface area contributed by atoms with Gasteiger partial charge in [-0.15, -0.1) is 0 Å². The monoisotopic (exact) mass is 136 g/mol. The normalized spacial score (nSPS) is 9.11. The summed E-state index contributed by atoms with van der Waals surface area (Å²) in [5.74, 6) is -0.392. The van der Waals surface area contributed by atoms with E-state index in [4.69, 9.17) is 5.26 Å². The van der Waals surface area contributed by atoms with Crippen LogP contribution in [0.15, 0.2) is 0 Å². The maximum atomic E-state index is 10.0. The van der Waals surface area contributed by atoms with Gasteiger partial charge in [-0.3, -0.25) is 4.79 Å². The van der Waals surface area contributed by atoms with Crippen molar-refractivity contribution < 1.29 is 24.7 Å². The van der Waals surface area contributed by atoms with Gasteiger partial charge in [0.25, 0.3) is 0 Å². The van der Waals surface area contributed by atoms with E-state index in [9.17, 15) is 4.79 Å². The lowest BCUT2D eigenvalue weighted by molar-refractivity contribution is -0.491. The zero-order valence-corrected chi connectivity index (χ0v) is 4.99. The van der Waals surface area contributed by atoms with Gasteiger partial charge in [0.2, 0.25) is 0 Å². The minimum Gasteiger partial charge on any atom is -0.463 e. The van der Waals surface area contributed by atoms with Crippen molar-refractivity contribution in [1.82, 2.24) is 0 Å². The van der Waals surface area contributed by atoms with Gasteiger partial charge in [-0.1, -0.05) is 5.04 Å². The van der Waals surface area contributed by atoms with Crippen molar-refractivity contribution in [2.24, 2.45) is 0 Å². The van der Waals surface area contributed by atoms with E-state index >= 15 is 0 Å². The molecule has 0 bridgehead atoms. The molecule has 0 unspecified atom stereocenters. The van der Waals surface area contributed by atoms with Crippen LogP contribution in [0.5, 0.6) is 0 Å². The lowest BCUT2D eigenvalue weighted by atomic mass is 10.7. The Hall–Kier alpha value is -0.650. The largest absolute Gasteiger partial charge is 0.463 e. The Labute approximate surface area is 52.0 Å². The van der Waals surface area contributed by atoms with Crippen LogP contribution >= 0.6 is 0 Å². The van der Waals surface area contributed by atoms with Gasteiger partial charge in [-0.05, 0) is 0 Å². The lowest BCUT2D eigenvalue weighted by Gasteiger charge is -1.97. The van der Waals surface area contributed by atoms with Gasteiger partial charge in [0.05, 0.1) is 0 Å². The SMILES string of the molecule is CC(=O)OCCOOO. The predicted octanol–water partition coefficient (Wildman–Crippen LogP) is -0.0293. The van der Waals surface area contributed by atoms with Gasteiger partial charge in [0.15, 0.2) is 0 Å². The van der Waals surface area contributed by atoms with Gasteiger partial charge in [0.1, 0.15) is 13.2 Å². The maximum absolute atomic E-state index is 10.0. The van der Waals surface area contributed by atoms with E-state index in [0.717, 1.165) is 0 Å². The first-order valence-corrected chi connectivity index (χ1v) is 2.33. The molecule has 0 amide bonds. The standard InChI is InChI=1S/C4H8O5/c1-4(5)7-2-3-8-9-6/h6H,2-3H2,1H3. The third kappa shape index (κ3) is 7.35. The highest BCUT2D eigenvalue weighted by Crippen LogP contribution is 1.77. The first-order chi connectivity index (χ1) is 4.27. The maximum Gasteiger partial charge on any atom is 0.302 e. The summed E-state index contributed by atoms with van der Waals surface area (Å²) in [7, 11) is 0. The van der Waals surface area contributed by atoms with Crippen molar-refractivity contribution >= 4 is 5.97 Å². The quantitative estimate of drug-likeness (QED) is 0.254. The summed E-state index contributed by atoms with van der Waals surface area (Å²) in [4.78, 5) is 14.0. The molecule has 0 aliphatic carbocycles. The highest BCUT2D eigenvalue weighted by atomic mass is 17.5. The van der Waals surface area contributed by atoms with E-state index in [0.29, 0.717) is 0 Å². The van der Waals surface area contributed by atoms with E-state index in [1.54, 1.807) is 0 Å². The molecule has 0 aliphatic rings. The summed E-state index contributed by atoms with van der Waals surface area (Å²) < 4.78 is 4.39. The Kier molecular flexibility index (Phi) is 5.09. The van der Waals surface area contributed by atoms with Crippen molar-refractivity contribution in [3.05, 3.63) is 0 Å². The smallest absolute Gasteiger partial charge is 0.302 e. The Morgan fingerprint density at radius 2 is 2.22 bits per heavy atom. The Bertz CT molecular complexity index is 81.0. The highest BCUT2D eigenvalue weighted by molar-refractivity contribution is 5.65. The second-order valence-corrected chi connectivity index (χ2v) is 1.24. The third-order valence-corrected chi connectivity index (χ3v) is 0.525. The number of ether oxygens (including phenoxy) is 1. The van der Waals surface area contributed by atoms with E-state index in [-0.39, 0.29) is 13.2 Å². The molecule has 0 aromatic rings. The molecule has 5 heteroatoms. The molecule has 54 valence electrons. The van der Waals surface area contributed by atoms with E-state index < -0.39 is 5.97 Å². The molecule has 0 atom stereocenters. The van der Waals surface area contributed by atoms with Gasteiger partial charge in [-0.2, -0.15) is 0 Å². The van der Waals surface area contributed by atoms with Crippen molar-refractivity contribution in [1.29, 1.82) is 0 Å². The Balaban J connectivity index is 2.83. The van der Waals surface area contributed by atoms with Crippen molar-refractivity contribution in [3.63, 3.8) is 0 Å². The first kappa shape index (κ1) is 8.35. The van der Waals surface area contributed by atoms with Crippen molar-refractivity contribution in [2.45, 2.75) is 6.92 Å². The zero-order valence-electron chi connectivity index (χ0n) is 4.99. The summed E-state index contributed by atoms with van der Waals surface area (Å²) in [6, 6.07) is 0. The molecule has 0 saturated heterocycles. The molecule has 1 N–H and O–H groups in total. The second-order valence-electron chi connectivity index (χ2n) is 1.24. The molecule has 0 rings (SSSR count).